The minimum Gasteiger partial charge on any atom is -0.486 e. The van der Waals surface area contributed by atoms with Crippen molar-refractivity contribution in [1.29, 1.82) is 5.26 Å². The number of rotatable bonds is 4. The van der Waals surface area contributed by atoms with E-state index in [4.69, 9.17) is 4.74 Å². The molecule has 2 aromatic carbocycles. The second kappa shape index (κ2) is 7.47. The van der Waals surface area contributed by atoms with Crippen molar-refractivity contribution in [3.05, 3.63) is 63.6 Å². The largest absolute Gasteiger partial charge is 0.486 e. The van der Waals surface area contributed by atoms with Crippen LogP contribution in [0.25, 0.3) is 0 Å². The number of carbonyl (C=O) groups excluding carboxylic acids is 1. The van der Waals surface area contributed by atoms with Gasteiger partial charge >= 0.3 is 6.18 Å². The van der Waals surface area contributed by atoms with E-state index in [9.17, 15) is 23.2 Å². The van der Waals surface area contributed by atoms with Crippen molar-refractivity contribution < 1.29 is 22.7 Å². The molecule has 4 nitrogen and oxygen atoms in total. The van der Waals surface area contributed by atoms with E-state index < -0.39 is 29.3 Å². The van der Waals surface area contributed by atoms with Crippen molar-refractivity contribution in [2.45, 2.75) is 37.6 Å². The number of amides is 1. The summed E-state index contributed by atoms with van der Waals surface area (Å²) in [5, 5.41) is 12.5. The predicted molar refractivity (Wildman–Crippen MR) is 99.8 cm³/mol. The Bertz CT molecular complexity index is 938. The minimum atomic E-state index is -4.48. The van der Waals surface area contributed by atoms with Gasteiger partial charge in [0, 0.05) is 16.5 Å². The van der Waals surface area contributed by atoms with Gasteiger partial charge in [-0.1, -0.05) is 22.9 Å². The maximum Gasteiger partial charge on any atom is 0.416 e. The zero-order chi connectivity index (χ0) is 20.5. The molecule has 146 valence electrons. The van der Waals surface area contributed by atoms with Crippen LogP contribution in [0.4, 0.5) is 13.2 Å². The number of nitriles is 1. The number of ether oxygens (including phenoxy) is 1. The van der Waals surface area contributed by atoms with Gasteiger partial charge in [-0.15, -0.1) is 0 Å². The molecule has 0 spiro atoms. The number of benzene rings is 2. The van der Waals surface area contributed by atoms with Crippen LogP contribution >= 0.6 is 15.9 Å². The number of carbonyl (C=O) groups is 1. The van der Waals surface area contributed by atoms with Crippen molar-refractivity contribution in [3.8, 4) is 11.8 Å². The number of fused-ring (bicyclic) bond motifs is 1. The number of hydrogen-bond donors (Lipinski definition) is 1. The molecule has 28 heavy (non-hydrogen) atoms. The van der Waals surface area contributed by atoms with Crippen LogP contribution in [0.2, 0.25) is 0 Å². The molecule has 1 aliphatic rings. The zero-order valence-corrected chi connectivity index (χ0v) is 16.4. The van der Waals surface area contributed by atoms with Gasteiger partial charge in [0.2, 0.25) is 0 Å². The number of nitrogens with zero attached hydrogens (tertiary/aromatic N) is 1. The Morgan fingerprint density at radius 2 is 1.96 bits per heavy atom. The third kappa shape index (κ3) is 3.85. The van der Waals surface area contributed by atoms with E-state index in [2.05, 4.69) is 27.3 Å². The van der Waals surface area contributed by atoms with Crippen LogP contribution in [-0.2, 0) is 12.6 Å². The Labute approximate surface area is 168 Å². The van der Waals surface area contributed by atoms with E-state index in [0.29, 0.717) is 12.2 Å². The van der Waals surface area contributed by atoms with E-state index in [1.54, 1.807) is 13.0 Å². The summed E-state index contributed by atoms with van der Waals surface area (Å²) < 4.78 is 44.9. The Morgan fingerprint density at radius 1 is 1.29 bits per heavy atom. The Kier molecular flexibility index (Phi) is 5.39. The summed E-state index contributed by atoms with van der Waals surface area (Å²) in [7, 11) is 0. The summed E-state index contributed by atoms with van der Waals surface area (Å²) >= 11 is 3.39. The van der Waals surface area contributed by atoms with Crippen molar-refractivity contribution >= 4 is 21.8 Å². The molecule has 8 heteroatoms. The molecule has 1 heterocycles. The van der Waals surface area contributed by atoms with Crippen LogP contribution in [0.5, 0.6) is 5.75 Å². The van der Waals surface area contributed by atoms with Crippen LogP contribution in [0.15, 0.2) is 46.9 Å². The zero-order valence-electron chi connectivity index (χ0n) is 14.8. The van der Waals surface area contributed by atoms with Gasteiger partial charge in [0.05, 0.1) is 11.6 Å². The summed E-state index contributed by atoms with van der Waals surface area (Å²) in [5.74, 6) is 0.0166. The molecule has 0 fully saturated rings. The molecule has 2 atom stereocenters. The maximum atomic E-state index is 12.7. The highest BCUT2D eigenvalue weighted by molar-refractivity contribution is 9.10. The quantitative estimate of drug-likeness (QED) is 0.719. The molecular weight excluding hydrogens is 437 g/mol. The molecule has 1 aliphatic heterocycles. The first-order valence-electron chi connectivity index (χ1n) is 8.54. The van der Waals surface area contributed by atoms with Gasteiger partial charge in [-0.25, -0.2) is 0 Å². The van der Waals surface area contributed by atoms with Crippen molar-refractivity contribution in [2.75, 3.05) is 0 Å². The van der Waals surface area contributed by atoms with E-state index >= 15 is 0 Å². The molecule has 0 radical (unpaired) electrons. The third-order valence-corrected chi connectivity index (χ3v) is 5.31. The van der Waals surface area contributed by atoms with Gasteiger partial charge in [-0.3, -0.25) is 4.79 Å². The molecule has 0 saturated heterocycles. The van der Waals surface area contributed by atoms with E-state index in [-0.39, 0.29) is 12.0 Å². The Morgan fingerprint density at radius 3 is 2.54 bits per heavy atom. The van der Waals surface area contributed by atoms with Gasteiger partial charge in [0.15, 0.2) is 5.54 Å². The highest BCUT2D eigenvalue weighted by atomic mass is 79.9. The minimum absolute atomic E-state index is 0.0410. The lowest BCUT2D eigenvalue weighted by molar-refractivity contribution is -0.137. The monoisotopic (exact) mass is 452 g/mol. The number of alkyl halides is 3. The maximum absolute atomic E-state index is 12.7. The molecule has 0 aliphatic carbocycles. The SMILES string of the molecule is CCC(C#N)(NC(=O)c1ccc(C(F)(F)F)cc1)C1Cc2cc(Br)ccc2O1. The summed E-state index contributed by atoms with van der Waals surface area (Å²) in [4.78, 5) is 12.6. The van der Waals surface area contributed by atoms with Crippen LogP contribution in [0.3, 0.4) is 0 Å². The fourth-order valence-corrected chi connectivity index (χ4v) is 3.56. The number of nitrogens with one attached hydrogen (secondary N) is 1. The first-order chi connectivity index (χ1) is 13.2. The lowest BCUT2D eigenvalue weighted by atomic mass is 9.87. The lowest BCUT2D eigenvalue weighted by Crippen LogP contribution is -2.57. The first kappa shape index (κ1) is 20.2. The van der Waals surface area contributed by atoms with Crippen LogP contribution in [0.1, 0.15) is 34.8 Å². The highest BCUT2D eigenvalue weighted by Gasteiger charge is 2.44. The molecule has 3 rings (SSSR count). The highest BCUT2D eigenvalue weighted by Crippen LogP contribution is 2.36. The Balaban J connectivity index is 1.81. The van der Waals surface area contributed by atoms with Gasteiger partial charge in [0.1, 0.15) is 11.9 Å². The summed E-state index contributed by atoms with van der Waals surface area (Å²) in [6.07, 6.45) is -4.38. The number of halogens is 4. The van der Waals surface area contributed by atoms with Crippen LogP contribution in [-0.4, -0.2) is 17.6 Å². The molecule has 1 N–H and O–H groups in total. The fraction of sp³-hybridized carbons (Fsp3) is 0.300. The molecule has 2 aromatic rings. The topological polar surface area (TPSA) is 62.1 Å². The second-order valence-corrected chi connectivity index (χ2v) is 7.44. The number of hydrogen-bond acceptors (Lipinski definition) is 3. The molecule has 0 aromatic heterocycles. The Hall–Kier alpha value is -2.53. The van der Waals surface area contributed by atoms with Gasteiger partial charge in [-0.05, 0) is 54.4 Å². The van der Waals surface area contributed by atoms with E-state index in [1.807, 2.05) is 12.1 Å². The fourth-order valence-electron chi connectivity index (χ4n) is 3.15. The van der Waals surface area contributed by atoms with Gasteiger partial charge in [-0.2, -0.15) is 18.4 Å². The average Bonchev–Trinajstić information content (AvgIpc) is 3.09. The molecule has 2 unspecified atom stereocenters. The molecular formula is C20H16BrF3N2O2. The normalized spacial score (nSPS) is 17.8. The third-order valence-electron chi connectivity index (χ3n) is 4.81. The van der Waals surface area contributed by atoms with Crippen LogP contribution < -0.4 is 10.1 Å². The average molecular weight is 453 g/mol. The van der Waals surface area contributed by atoms with Gasteiger partial charge < -0.3 is 10.1 Å². The van der Waals surface area contributed by atoms with E-state index in [1.165, 1.54) is 0 Å². The smallest absolute Gasteiger partial charge is 0.416 e. The summed E-state index contributed by atoms with van der Waals surface area (Å²) in [6, 6.07) is 11.5. The van der Waals surface area contributed by atoms with Crippen molar-refractivity contribution in [1.82, 2.24) is 5.32 Å². The standard InChI is InChI=1S/C20H16BrF3N2O2/c1-2-19(11-25,17-10-13-9-15(21)7-8-16(13)28-17)26-18(27)12-3-5-14(6-4-12)20(22,23)24/h3-9,17H,2,10H2,1H3,(H,26,27). The second-order valence-electron chi connectivity index (χ2n) is 6.53. The lowest BCUT2D eigenvalue weighted by Gasteiger charge is -2.32. The van der Waals surface area contributed by atoms with E-state index in [0.717, 1.165) is 34.3 Å². The van der Waals surface area contributed by atoms with Gasteiger partial charge in [0.25, 0.3) is 5.91 Å². The van der Waals surface area contributed by atoms with Crippen molar-refractivity contribution in [2.24, 2.45) is 0 Å². The predicted octanol–water partition coefficient (Wildman–Crippen LogP) is 4.87. The van der Waals surface area contributed by atoms with Crippen LogP contribution in [0, 0.1) is 11.3 Å². The summed E-state index contributed by atoms with van der Waals surface area (Å²) in [6.45, 7) is 1.75. The first-order valence-corrected chi connectivity index (χ1v) is 9.34. The van der Waals surface area contributed by atoms with Crippen molar-refractivity contribution in [3.63, 3.8) is 0 Å². The molecule has 1 amide bonds. The molecule has 0 saturated carbocycles. The summed E-state index contributed by atoms with van der Waals surface area (Å²) in [5.41, 5.74) is -1.20. The molecule has 0 bridgehead atoms.